The summed E-state index contributed by atoms with van der Waals surface area (Å²) < 4.78 is 5.45. The topological polar surface area (TPSA) is 89.3 Å². The molecular weight excluding hydrogens is 508 g/mol. The largest absolute Gasteiger partial charge is 0.381 e. The van der Waals surface area contributed by atoms with Crippen LogP contribution in [0.5, 0.6) is 0 Å². The first-order valence-corrected chi connectivity index (χ1v) is 15.3. The maximum atomic E-state index is 12.9. The van der Waals surface area contributed by atoms with Crippen LogP contribution in [0.4, 0.5) is 5.82 Å². The molecule has 222 valence electrons. The fourth-order valence-electron chi connectivity index (χ4n) is 4.34. The van der Waals surface area contributed by atoms with Crippen molar-refractivity contribution in [3.63, 3.8) is 0 Å². The molecule has 39 heavy (non-hydrogen) atoms. The number of hydrogen-bond donors (Lipinski definition) is 3. The number of ether oxygens (including phenoxy) is 1. The molecule has 0 radical (unpaired) electrons. The van der Waals surface area contributed by atoms with E-state index in [0.29, 0.717) is 29.1 Å². The summed E-state index contributed by atoms with van der Waals surface area (Å²) in [6.45, 7) is 19.0. The molecule has 2 atom stereocenters. The van der Waals surface area contributed by atoms with E-state index in [1.165, 1.54) is 0 Å². The number of anilines is 1. The quantitative estimate of drug-likeness (QED) is 0.212. The van der Waals surface area contributed by atoms with Gasteiger partial charge in [-0.15, -0.1) is 0 Å². The van der Waals surface area contributed by atoms with Crippen molar-refractivity contribution >= 4 is 28.9 Å². The van der Waals surface area contributed by atoms with Crippen molar-refractivity contribution < 1.29 is 9.53 Å². The Kier molecular flexibility index (Phi) is 21.4. The average Bonchev–Trinajstić information content (AvgIpc) is 2.96. The highest BCUT2D eigenvalue weighted by Gasteiger charge is 2.20. The molecule has 0 aliphatic carbocycles. The second kappa shape index (κ2) is 22.6. The lowest BCUT2D eigenvalue weighted by Gasteiger charge is -2.22. The Bertz CT molecular complexity index is 892. The third kappa shape index (κ3) is 14.7. The van der Waals surface area contributed by atoms with E-state index in [9.17, 15) is 4.79 Å². The van der Waals surface area contributed by atoms with Crippen LogP contribution in [0, 0.1) is 17.8 Å². The summed E-state index contributed by atoms with van der Waals surface area (Å²) in [5, 5.41) is 7.05. The fourth-order valence-corrected chi connectivity index (χ4v) is 4.62. The van der Waals surface area contributed by atoms with Gasteiger partial charge in [0, 0.05) is 42.6 Å². The monoisotopic (exact) mass is 562 g/mol. The SMILES string of the molecule is C/C=C/C(Cl)=C(\C=C(/C)NC(=O)C(CN)C[C@H](C)CCC)c1cccc(NCC2CCOCC2)n1.CC.CC. The Hall–Kier alpha value is -2.15. The summed E-state index contributed by atoms with van der Waals surface area (Å²) in [5.74, 6) is 1.59. The van der Waals surface area contributed by atoms with E-state index in [1.54, 1.807) is 0 Å². The van der Waals surface area contributed by atoms with Crippen LogP contribution >= 0.6 is 11.6 Å². The Labute approximate surface area is 243 Å². The molecule has 1 fully saturated rings. The maximum Gasteiger partial charge on any atom is 0.228 e. The average molecular weight is 563 g/mol. The minimum Gasteiger partial charge on any atom is -0.381 e. The van der Waals surface area contributed by atoms with Crippen molar-refractivity contribution in [2.45, 2.75) is 87.5 Å². The standard InChI is InChI=1S/C28H43ClN4O2.2C2H6/c1-5-8-20(3)16-23(18-30)28(34)32-21(4)17-24(25(29)9-6-2)26-10-7-11-27(33-26)31-19-22-12-14-35-15-13-22;2*1-2/h6-7,9-11,17,20,22-23H,5,8,12-16,18-19,30H2,1-4H3,(H,31,33)(H,32,34);2*1-2H3/b9-6+,21-17+,25-24-;;/t20-,23?;;/m1../s1. The van der Waals surface area contributed by atoms with Crippen molar-refractivity contribution in [2.75, 3.05) is 31.6 Å². The molecular formula is C32H55ClN4O2. The lowest BCUT2D eigenvalue weighted by molar-refractivity contribution is -0.124. The first-order chi connectivity index (χ1) is 18.9. The van der Waals surface area contributed by atoms with E-state index in [0.717, 1.165) is 68.9 Å². The van der Waals surface area contributed by atoms with Crippen molar-refractivity contribution in [1.29, 1.82) is 0 Å². The van der Waals surface area contributed by atoms with Crippen LogP contribution in [0.1, 0.15) is 93.2 Å². The summed E-state index contributed by atoms with van der Waals surface area (Å²) in [6, 6.07) is 5.86. The van der Waals surface area contributed by atoms with Gasteiger partial charge < -0.3 is 21.1 Å². The number of hydrogen-bond acceptors (Lipinski definition) is 5. The second-order valence-electron chi connectivity index (χ2n) is 9.49. The molecule has 1 unspecified atom stereocenters. The van der Waals surface area contributed by atoms with Crippen molar-refractivity contribution in [1.82, 2.24) is 10.3 Å². The van der Waals surface area contributed by atoms with E-state index in [1.807, 2.05) is 78.0 Å². The number of nitrogens with zero attached hydrogens (tertiary/aromatic N) is 1. The summed E-state index contributed by atoms with van der Waals surface area (Å²) in [6.07, 6.45) is 10.7. The number of carbonyl (C=O) groups excluding carboxylic acids is 1. The van der Waals surface area contributed by atoms with Gasteiger partial charge in [-0.25, -0.2) is 4.98 Å². The number of rotatable bonds is 13. The third-order valence-electron chi connectivity index (χ3n) is 6.31. The number of nitrogens with one attached hydrogen (secondary N) is 2. The van der Waals surface area contributed by atoms with Crippen LogP contribution in [-0.2, 0) is 9.53 Å². The van der Waals surface area contributed by atoms with E-state index < -0.39 is 0 Å². The Balaban J connectivity index is 0.00000344. The molecule has 2 heterocycles. The normalized spacial score (nSPS) is 16.2. The van der Waals surface area contributed by atoms with Gasteiger partial charge in [0.25, 0.3) is 0 Å². The van der Waals surface area contributed by atoms with Gasteiger partial charge in [-0.1, -0.05) is 78.1 Å². The Morgan fingerprint density at radius 3 is 2.49 bits per heavy atom. The molecule has 1 aromatic heterocycles. The van der Waals surface area contributed by atoms with Gasteiger partial charge in [0.15, 0.2) is 0 Å². The molecule has 0 spiro atoms. The van der Waals surface area contributed by atoms with E-state index in [-0.39, 0.29) is 11.8 Å². The molecule has 1 aliphatic rings. The first kappa shape index (κ1) is 36.8. The zero-order valence-electron chi connectivity index (χ0n) is 25.8. The van der Waals surface area contributed by atoms with Crippen LogP contribution in [0.3, 0.4) is 0 Å². The van der Waals surface area contributed by atoms with Crippen molar-refractivity contribution in [3.05, 3.63) is 52.9 Å². The molecule has 1 aliphatic heterocycles. The highest BCUT2D eigenvalue weighted by Crippen LogP contribution is 2.25. The number of aromatic nitrogens is 1. The number of amides is 1. The highest BCUT2D eigenvalue weighted by atomic mass is 35.5. The number of halogens is 1. The van der Waals surface area contributed by atoms with Gasteiger partial charge in [0.05, 0.1) is 11.6 Å². The summed E-state index contributed by atoms with van der Waals surface area (Å²) in [7, 11) is 0. The molecule has 6 nitrogen and oxygen atoms in total. The van der Waals surface area contributed by atoms with Gasteiger partial charge in [-0.3, -0.25) is 4.79 Å². The van der Waals surface area contributed by atoms with Crippen LogP contribution in [0.25, 0.3) is 5.57 Å². The lowest BCUT2D eigenvalue weighted by atomic mass is 9.92. The molecule has 2 rings (SSSR count). The zero-order valence-corrected chi connectivity index (χ0v) is 26.5. The lowest BCUT2D eigenvalue weighted by Crippen LogP contribution is -2.35. The van der Waals surface area contributed by atoms with Gasteiger partial charge in [-0.2, -0.15) is 0 Å². The van der Waals surface area contributed by atoms with E-state index in [4.69, 9.17) is 27.1 Å². The third-order valence-corrected chi connectivity index (χ3v) is 6.64. The molecule has 1 amide bonds. The number of pyridine rings is 1. The number of carbonyl (C=O) groups is 1. The predicted octanol–water partition coefficient (Wildman–Crippen LogP) is 7.92. The fraction of sp³-hybridized carbons (Fsp3) is 0.625. The number of nitrogens with two attached hydrogens (primary N) is 1. The molecule has 7 heteroatoms. The minimum atomic E-state index is -0.214. The molecule has 1 aromatic rings. The molecule has 1 saturated heterocycles. The molecule has 0 aromatic carbocycles. The Morgan fingerprint density at radius 2 is 1.90 bits per heavy atom. The maximum absolute atomic E-state index is 12.9. The number of allylic oxidation sites excluding steroid dienone is 6. The van der Waals surface area contributed by atoms with Crippen molar-refractivity contribution in [2.24, 2.45) is 23.5 Å². The van der Waals surface area contributed by atoms with Crippen LogP contribution in [-0.4, -0.2) is 37.2 Å². The van der Waals surface area contributed by atoms with Crippen molar-refractivity contribution in [3.8, 4) is 0 Å². The molecule has 0 bridgehead atoms. The van der Waals surface area contributed by atoms with Gasteiger partial charge in [0.2, 0.25) is 5.91 Å². The van der Waals surface area contributed by atoms with Gasteiger partial charge in [-0.05, 0) is 69.2 Å². The predicted molar refractivity (Wildman–Crippen MR) is 170 cm³/mol. The Morgan fingerprint density at radius 1 is 1.23 bits per heavy atom. The van der Waals surface area contributed by atoms with Crippen LogP contribution in [0.15, 0.2) is 47.2 Å². The summed E-state index contributed by atoms with van der Waals surface area (Å²) in [5.41, 5.74) is 8.13. The highest BCUT2D eigenvalue weighted by molar-refractivity contribution is 6.34. The smallest absolute Gasteiger partial charge is 0.228 e. The summed E-state index contributed by atoms with van der Waals surface area (Å²) in [4.78, 5) is 17.7. The molecule has 0 saturated carbocycles. The van der Waals surface area contributed by atoms with Gasteiger partial charge >= 0.3 is 0 Å². The minimum absolute atomic E-state index is 0.0504. The van der Waals surface area contributed by atoms with E-state index in [2.05, 4.69) is 24.5 Å². The molecule has 4 N–H and O–H groups in total. The second-order valence-corrected chi connectivity index (χ2v) is 9.89. The van der Waals surface area contributed by atoms with Crippen LogP contribution in [0.2, 0.25) is 0 Å². The first-order valence-electron chi connectivity index (χ1n) is 14.9. The zero-order chi connectivity index (χ0) is 29.6. The summed E-state index contributed by atoms with van der Waals surface area (Å²) >= 11 is 6.65. The van der Waals surface area contributed by atoms with E-state index >= 15 is 0 Å². The van der Waals surface area contributed by atoms with Gasteiger partial charge in [0.1, 0.15) is 5.82 Å². The van der Waals surface area contributed by atoms with Crippen LogP contribution < -0.4 is 16.4 Å².